The van der Waals surface area contributed by atoms with Crippen molar-refractivity contribution >= 4 is 11.4 Å². The Labute approximate surface area is 115 Å². The van der Waals surface area contributed by atoms with Gasteiger partial charge in [0.05, 0.1) is 12.5 Å². The molecule has 0 atom stereocenters. The number of benzene rings is 1. The lowest BCUT2D eigenvalue weighted by molar-refractivity contribution is 0.232. The molecule has 0 aliphatic heterocycles. The first-order valence-corrected chi connectivity index (χ1v) is 7.02. The van der Waals surface area contributed by atoms with Crippen LogP contribution in [0.25, 0.3) is 0 Å². The summed E-state index contributed by atoms with van der Waals surface area (Å²) >= 11 is 0. The topological polar surface area (TPSA) is 61.8 Å². The summed E-state index contributed by atoms with van der Waals surface area (Å²) in [6.07, 6.45) is 5.34. The predicted octanol–water partition coefficient (Wildman–Crippen LogP) is 3.72. The molecule has 1 saturated carbocycles. The maximum absolute atomic E-state index is 8.79. The van der Waals surface area contributed by atoms with Crippen LogP contribution in [-0.2, 0) is 6.42 Å². The molecular formula is C16H23N3. The number of rotatable bonds is 3. The Morgan fingerprint density at radius 3 is 2.68 bits per heavy atom. The molecule has 1 fully saturated rings. The Balaban J connectivity index is 2.00. The van der Waals surface area contributed by atoms with Gasteiger partial charge in [0, 0.05) is 17.4 Å². The standard InChI is InChI=1S/C16H23N3/c1-16(2)8-5-13(6-9-16)19-14-3-4-15(18)12(11-14)7-10-17/h3-4,11,13,19H,5-9,18H2,1-2H3. The number of nitriles is 1. The van der Waals surface area contributed by atoms with E-state index in [1.54, 1.807) is 0 Å². The molecule has 1 aromatic carbocycles. The summed E-state index contributed by atoms with van der Waals surface area (Å²) in [7, 11) is 0. The Morgan fingerprint density at radius 1 is 1.37 bits per heavy atom. The zero-order valence-corrected chi connectivity index (χ0v) is 11.9. The first-order valence-electron chi connectivity index (χ1n) is 7.02. The molecule has 0 spiro atoms. The van der Waals surface area contributed by atoms with Crippen LogP contribution < -0.4 is 11.1 Å². The molecule has 19 heavy (non-hydrogen) atoms. The van der Waals surface area contributed by atoms with Gasteiger partial charge in [-0.25, -0.2) is 0 Å². The second-order valence-electron chi connectivity index (χ2n) is 6.33. The fourth-order valence-corrected chi connectivity index (χ4v) is 2.71. The summed E-state index contributed by atoms with van der Waals surface area (Å²) in [4.78, 5) is 0. The highest BCUT2D eigenvalue weighted by atomic mass is 14.9. The number of hydrogen-bond donors (Lipinski definition) is 2. The molecule has 0 radical (unpaired) electrons. The van der Waals surface area contributed by atoms with E-state index in [9.17, 15) is 0 Å². The first kappa shape index (κ1) is 13.7. The van der Waals surface area contributed by atoms with Crippen LogP contribution in [0.4, 0.5) is 11.4 Å². The fraction of sp³-hybridized carbons (Fsp3) is 0.562. The van der Waals surface area contributed by atoms with E-state index >= 15 is 0 Å². The Kier molecular flexibility index (Phi) is 3.99. The van der Waals surface area contributed by atoms with Crippen LogP contribution in [0, 0.1) is 16.7 Å². The molecule has 0 aromatic heterocycles. The zero-order valence-electron chi connectivity index (χ0n) is 11.9. The minimum absolute atomic E-state index is 0.374. The van der Waals surface area contributed by atoms with Crippen molar-refractivity contribution in [3.8, 4) is 6.07 Å². The van der Waals surface area contributed by atoms with Crippen LogP contribution in [0.15, 0.2) is 18.2 Å². The molecule has 3 nitrogen and oxygen atoms in total. The van der Waals surface area contributed by atoms with Crippen LogP contribution >= 0.6 is 0 Å². The molecule has 0 amide bonds. The molecule has 102 valence electrons. The largest absolute Gasteiger partial charge is 0.398 e. The molecular weight excluding hydrogens is 234 g/mol. The average Bonchev–Trinajstić information content (AvgIpc) is 2.36. The van der Waals surface area contributed by atoms with E-state index in [-0.39, 0.29) is 0 Å². The van der Waals surface area contributed by atoms with Gasteiger partial charge in [0.25, 0.3) is 0 Å². The van der Waals surface area contributed by atoms with Crippen molar-refractivity contribution in [2.75, 3.05) is 11.1 Å². The van der Waals surface area contributed by atoms with Crippen LogP contribution in [0.5, 0.6) is 0 Å². The minimum Gasteiger partial charge on any atom is -0.398 e. The highest BCUT2D eigenvalue weighted by molar-refractivity contribution is 5.58. The van der Waals surface area contributed by atoms with Gasteiger partial charge in [-0.15, -0.1) is 0 Å². The summed E-state index contributed by atoms with van der Waals surface area (Å²) < 4.78 is 0. The number of nitrogens with two attached hydrogens (primary N) is 1. The molecule has 1 aromatic rings. The second-order valence-corrected chi connectivity index (χ2v) is 6.33. The van der Waals surface area contributed by atoms with Crippen molar-refractivity contribution in [2.45, 2.75) is 52.0 Å². The molecule has 1 aliphatic rings. The van der Waals surface area contributed by atoms with Crippen molar-refractivity contribution in [1.82, 2.24) is 0 Å². The predicted molar refractivity (Wildman–Crippen MR) is 79.8 cm³/mol. The lowest BCUT2D eigenvalue weighted by atomic mass is 9.75. The third-order valence-corrected chi connectivity index (χ3v) is 4.12. The fourth-order valence-electron chi connectivity index (χ4n) is 2.71. The van der Waals surface area contributed by atoms with Gasteiger partial charge in [-0.2, -0.15) is 5.26 Å². The molecule has 3 heteroatoms. The molecule has 2 rings (SSSR count). The van der Waals surface area contributed by atoms with Crippen LogP contribution in [0.2, 0.25) is 0 Å². The van der Waals surface area contributed by atoms with Gasteiger partial charge in [0.15, 0.2) is 0 Å². The van der Waals surface area contributed by atoms with Gasteiger partial charge >= 0.3 is 0 Å². The lowest BCUT2D eigenvalue weighted by Gasteiger charge is -2.35. The van der Waals surface area contributed by atoms with E-state index in [0.29, 0.717) is 23.6 Å². The quantitative estimate of drug-likeness (QED) is 0.811. The van der Waals surface area contributed by atoms with Crippen molar-refractivity contribution < 1.29 is 0 Å². The highest BCUT2D eigenvalue weighted by Gasteiger charge is 2.26. The third kappa shape index (κ3) is 3.64. The van der Waals surface area contributed by atoms with Gasteiger partial charge in [-0.05, 0) is 54.9 Å². The number of nitrogens with zero attached hydrogens (tertiary/aromatic N) is 1. The van der Waals surface area contributed by atoms with Gasteiger partial charge in [-0.3, -0.25) is 0 Å². The smallest absolute Gasteiger partial charge is 0.0670 e. The Bertz CT molecular complexity index is 475. The summed E-state index contributed by atoms with van der Waals surface area (Å²) in [5.74, 6) is 0. The van der Waals surface area contributed by atoms with E-state index in [0.717, 1.165) is 11.3 Å². The zero-order chi connectivity index (χ0) is 13.9. The Hall–Kier alpha value is -1.69. The number of hydrogen-bond acceptors (Lipinski definition) is 3. The second kappa shape index (κ2) is 5.52. The molecule has 0 saturated heterocycles. The summed E-state index contributed by atoms with van der Waals surface area (Å²) in [6, 6.07) is 8.62. The SMILES string of the molecule is CC1(C)CCC(Nc2ccc(N)c(CC#N)c2)CC1. The maximum atomic E-state index is 8.79. The number of anilines is 2. The molecule has 0 bridgehead atoms. The van der Waals surface area contributed by atoms with Crippen molar-refractivity contribution in [1.29, 1.82) is 5.26 Å². The maximum Gasteiger partial charge on any atom is 0.0670 e. The summed E-state index contributed by atoms with van der Waals surface area (Å²) in [6.45, 7) is 4.69. The van der Waals surface area contributed by atoms with Crippen molar-refractivity contribution in [3.05, 3.63) is 23.8 Å². The molecule has 0 unspecified atom stereocenters. The van der Waals surface area contributed by atoms with E-state index in [1.807, 2.05) is 18.2 Å². The lowest BCUT2D eigenvalue weighted by Crippen LogP contribution is -2.29. The van der Waals surface area contributed by atoms with Crippen molar-refractivity contribution in [2.24, 2.45) is 5.41 Å². The third-order valence-electron chi connectivity index (χ3n) is 4.12. The monoisotopic (exact) mass is 257 g/mol. The number of nitrogens with one attached hydrogen (secondary N) is 1. The highest BCUT2D eigenvalue weighted by Crippen LogP contribution is 2.36. The molecule has 1 aliphatic carbocycles. The van der Waals surface area contributed by atoms with Crippen LogP contribution in [0.1, 0.15) is 45.1 Å². The van der Waals surface area contributed by atoms with E-state index in [4.69, 9.17) is 11.0 Å². The van der Waals surface area contributed by atoms with Gasteiger partial charge < -0.3 is 11.1 Å². The van der Waals surface area contributed by atoms with Crippen molar-refractivity contribution in [3.63, 3.8) is 0 Å². The summed E-state index contributed by atoms with van der Waals surface area (Å²) in [5.41, 5.74) is 9.07. The number of nitrogen functional groups attached to an aromatic ring is 1. The normalized spacial score (nSPS) is 18.8. The van der Waals surface area contributed by atoms with Gasteiger partial charge in [0.1, 0.15) is 0 Å². The summed E-state index contributed by atoms with van der Waals surface area (Å²) in [5, 5.41) is 12.4. The molecule has 3 N–H and O–H groups in total. The average molecular weight is 257 g/mol. The van der Waals surface area contributed by atoms with E-state index in [2.05, 4.69) is 25.2 Å². The van der Waals surface area contributed by atoms with Crippen LogP contribution in [0.3, 0.4) is 0 Å². The van der Waals surface area contributed by atoms with E-state index < -0.39 is 0 Å². The van der Waals surface area contributed by atoms with Crippen LogP contribution in [-0.4, -0.2) is 6.04 Å². The Morgan fingerprint density at radius 2 is 2.05 bits per heavy atom. The van der Waals surface area contributed by atoms with E-state index in [1.165, 1.54) is 25.7 Å². The van der Waals surface area contributed by atoms with Gasteiger partial charge in [0.2, 0.25) is 0 Å². The molecule has 0 heterocycles. The first-order chi connectivity index (χ1) is 9.00. The van der Waals surface area contributed by atoms with Gasteiger partial charge in [-0.1, -0.05) is 13.8 Å². The minimum atomic E-state index is 0.374.